The predicted molar refractivity (Wildman–Crippen MR) is 102 cm³/mol. The molecule has 0 unspecified atom stereocenters. The Morgan fingerprint density at radius 2 is 1.73 bits per heavy atom. The minimum absolute atomic E-state index is 0.102. The van der Waals surface area contributed by atoms with Gasteiger partial charge >= 0.3 is 0 Å². The smallest absolute Gasteiger partial charge is 0.255 e. The average molecular weight is 356 g/mol. The molecule has 0 saturated heterocycles. The second-order valence-corrected chi connectivity index (χ2v) is 5.97. The highest BCUT2D eigenvalue weighted by molar-refractivity contribution is 6.04. The highest BCUT2D eigenvalue weighted by atomic mass is 16.5. The average Bonchev–Trinajstić information content (AvgIpc) is 2.63. The number of methoxy groups -OCH3 is 1. The van der Waals surface area contributed by atoms with Crippen molar-refractivity contribution in [1.29, 1.82) is 0 Å². The first-order valence-corrected chi connectivity index (χ1v) is 8.47. The Bertz CT molecular complexity index is 770. The number of ether oxygens (including phenoxy) is 2. The van der Waals surface area contributed by atoms with Crippen molar-refractivity contribution in [2.75, 3.05) is 24.4 Å². The molecule has 0 aromatic heterocycles. The molecule has 0 fully saturated rings. The highest BCUT2D eigenvalue weighted by Crippen LogP contribution is 2.28. The Hall–Kier alpha value is -3.02. The number of hydrogen-bond donors (Lipinski definition) is 2. The standard InChI is InChI=1S/C20H24N2O4/c1-5-26-16-9-6-14(7-10-16)20(24)21-15-8-11-17(18(12-15)25-4)22-19(23)13(2)3/h6-13H,5H2,1-4H3,(H,21,24)(H,22,23). The molecule has 0 aliphatic carbocycles. The van der Waals surface area contributed by atoms with E-state index in [0.717, 1.165) is 5.75 Å². The van der Waals surface area contributed by atoms with Crippen molar-refractivity contribution in [2.24, 2.45) is 5.92 Å². The summed E-state index contributed by atoms with van der Waals surface area (Å²) in [6, 6.07) is 12.0. The lowest BCUT2D eigenvalue weighted by molar-refractivity contribution is -0.118. The van der Waals surface area contributed by atoms with Crippen molar-refractivity contribution in [2.45, 2.75) is 20.8 Å². The topological polar surface area (TPSA) is 76.7 Å². The van der Waals surface area contributed by atoms with Crippen LogP contribution in [0.5, 0.6) is 11.5 Å². The number of rotatable bonds is 7. The van der Waals surface area contributed by atoms with Gasteiger partial charge in [-0.15, -0.1) is 0 Å². The quantitative estimate of drug-likeness (QED) is 0.788. The molecule has 26 heavy (non-hydrogen) atoms. The van der Waals surface area contributed by atoms with Gasteiger partial charge in [-0.2, -0.15) is 0 Å². The van der Waals surface area contributed by atoms with E-state index in [-0.39, 0.29) is 17.7 Å². The van der Waals surface area contributed by atoms with Crippen LogP contribution >= 0.6 is 0 Å². The first kappa shape index (κ1) is 19.3. The molecule has 2 rings (SSSR count). The van der Waals surface area contributed by atoms with Crippen LogP contribution in [-0.2, 0) is 4.79 Å². The molecule has 0 aliphatic rings. The maximum absolute atomic E-state index is 12.4. The summed E-state index contributed by atoms with van der Waals surface area (Å²) in [7, 11) is 1.51. The summed E-state index contributed by atoms with van der Waals surface area (Å²) >= 11 is 0. The van der Waals surface area contributed by atoms with E-state index < -0.39 is 0 Å². The molecule has 0 bridgehead atoms. The van der Waals surface area contributed by atoms with Gasteiger partial charge < -0.3 is 20.1 Å². The zero-order chi connectivity index (χ0) is 19.1. The van der Waals surface area contributed by atoms with Gasteiger partial charge in [-0.25, -0.2) is 0 Å². The number of carbonyl (C=O) groups excluding carboxylic acids is 2. The summed E-state index contributed by atoms with van der Waals surface area (Å²) in [5, 5.41) is 5.62. The molecule has 2 amide bonds. The van der Waals surface area contributed by atoms with Crippen LogP contribution in [0.4, 0.5) is 11.4 Å². The molecule has 6 nitrogen and oxygen atoms in total. The summed E-state index contributed by atoms with van der Waals surface area (Å²) in [5.41, 5.74) is 1.65. The van der Waals surface area contributed by atoms with Gasteiger partial charge in [0.15, 0.2) is 0 Å². The highest BCUT2D eigenvalue weighted by Gasteiger charge is 2.13. The van der Waals surface area contributed by atoms with Crippen molar-refractivity contribution in [3.63, 3.8) is 0 Å². The SMILES string of the molecule is CCOc1ccc(C(=O)Nc2ccc(NC(=O)C(C)C)c(OC)c2)cc1. The molecule has 0 spiro atoms. The zero-order valence-electron chi connectivity index (χ0n) is 15.5. The fourth-order valence-corrected chi connectivity index (χ4v) is 2.22. The van der Waals surface area contributed by atoms with E-state index in [4.69, 9.17) is 9.47 Å². The first-order chi connectivity index (χ1) is 12.4. The number of anilines is 2. The fourth-order valence-electron chi connectivity index (χ4n) is 2.22. The lowest BCUT2D eigenvalue weighted by Crippen LogP contribution is -2.18. The third-order valence-corrected chi connectivity index (χ3v) is 3.67. The summed E-state index contributed by atoms with van der Waals surface area (Å²) in [6.07, 6.45) is 0. The van der Waals surface area contributed by atoms with E-state index in [2.05, 4.69) is 10.6 Å². The van der Waals surface area contributed by atoms with Gasteiger partial charge in [0.2, 0.25) is 5.91 Å². The van der Waals surface area contributed by atoms with Gasteiger partial charge in [-0.1, -0.05) is 13.8 Å². The molecule has 0 aliphatic heterocycles. The second kappa shape index (κ2) is 8.89. The zero-order valence-corrected chi connectivity index (χ0v) is 15.5. The largest absolute Gasteiger partial charge is 0.494 e. The third kappa shape index (κ3) is 4.99. The summed E-state index contributed by atoms with van der Waals surface area (Å²) in [4.78, 5) is 24.2. The second-order valence-electron chi connectivity index (χ2n) is 5.97. The molecular formula is C20H24N2O4. The van der Waals surface area contributed by atoms with Gasteiger partial charge in [0.1, 0.15) is 11.5 Å². The fraction of sp³-hybridized carbons (Fsp3) is 0.300. The van der Waals surface area contributed by atoms with Crippen LogP contribution in [0, 0.1) is 5.92 Å². The lowest BCUT2D eigenvalue weighted by Gasteiger charge is -2.14. The molecule has 0 heterocycles. The Labute approximate surface area is 153 Å². The number of hydrogen-bond acceptors (Lipinski definition) is 4. The van der Waals surface area contributed by atoms with E-state index in [1.54, 1.807) is 42.5 Å². The van der Waals surface area contributed by atoms with Crippen molar-refractivity contribution >= 4 is 23.2 Å². The molecular weight excluding hydrogens is 332 g/mol. The summed E-state index contributed by atoms with van der Waals surface area (Å²) in [5.74, 6) is 0.710. The maximum atomic E-state index is 12.4. The number of nitrogens with one attached hydrogen (secondary N) is 2. The van der Waals surface area contributed by atoms with Crippen molar-refractivity contribution in [1.82, 2.24) is 0 Å². The van der Waals surface area contributed by atoms with Crippen LogP contribution in [-0.4, -0.2) is 25.5 Å². The summed E-state index contributed by atoms with van der Waals surface area (Å²) < 4.78 is 10.7. The van der Waals surface area contributed by atoms with E-state index in [1.807, 2.05) is 20.8 Å². The first-order valence-electron chi connectivity index (χ1n) is 8.47. The lowest BCUT2D eigenvalue weighted by atomic mass is 10.1. The van der Waals surface area contributed by atoms with E-state index in [1.165, 1.54) is 7.11 Å². The number of carbonyl (C=O) groups is 2. The van der Waals surface area contributed by atoms with Crippen LogP contribution < -0.4 is 20.1 Å². The maximum Gasteiger partial charge on any atom is 0.255 e. The minimum Gasteiger partial charge on any atom is -0.494 e. The molecule has 2 N–H and O–H groups in total. The van der Waals surface area contributed by atoms with E-state index >= 15 is 0 Å². The Balaban J connectivity index is 2.11. The molecule has 6 heteroatoms. The normalized spacial score (nSPS) is 10.3. The predicted octanol–water partition coefficient (Wildman–Crippen LogP) is 3.94. The van der Waals surface area contributed by atoms with Crippen LogP contribution in [0.2, 0.25) is 0 Å². The number of amides is 2. The van der Waals surface area contributed by atoms with Gasteiger partial charge in [0.05, 0.1) is 19.4 Å². The van der Waals surface area contributed by atoms with Gasteiger partial charge in [-0.05, 0) is 43.3 Å². The van der Waals surface area contributed by atoms with Gasteiger partial charge in [-0.3, -0.25) is 9.59 Å². The molecule has 2 aromatic carbocycles. The van der Waals surface area contributed by atoms with Crippen molar-refractivity contribution in [3.8, 4) is 11.5 Å². The minimum atomic E-state index is -0.242. The van der Waals surface area contributed by atoms with Crippen LogP contribution in [0.1, 0.15) is 31.1 Å². The molecule has 138 valence electrons. The van der Waals surface area contributed by atoms with Crippen molar-refractivity contribution < 1.29 is 19.1 Å². The monoisotopic (exact) mass is 356 g/mol. The summed E-state index contributed by atoms with van der Waals surface area (Å²) in [6.45, 7) is 6.10. The number of benzene rings is 2. The third-order valence-electron chi connectivity index (χ3n) is 3.67. The van der Waals surface area contributed by atoms with Crippen LogP contribution in [0.15, 0.2) is 42.5 Å². The Morgan fingerprint density at radius 1 is 1.04 bits per heavy atom. The molecule has 0 saturated carbocycles. The van der Waals surface area contributed by atoms with Crippen LogP contribution in [0.25, 0.3) is 0 Å². The molecule has 0 atom stereocenters. The Morgan fingerprint density at radius 3 is 2.31 bits per heavy atom. The molecule has 0 radical (unpaired) electrons. The molecule has 2 aromatic rings. The van der Waals surface area contributed by atoms with Crippen molar-refractivity contribution in [3.05, 3.63) is 48.0 Å². The van der Waals surface area contributed by atoms with Crippen LogP contribution in [0.3, 0.4) is 0 Å². The Kier molecular flexibility index (Phi) is 6.60. The van der Waals surface area contributed by atoms with E-state index in [9.17, 15) is 9.59 Å². The van der Waals surface area contributed by atoms with Gasteiger partial charge in [0, 0.05) is 23.2 Å². The van der Waals surface area contributed by atoms with E-state index in [0.29, 0.717) is 29.3 Å². The van der Waals surface area contributed by atoms with Gasteiger partial charge in [0.25, 0.3) is 5.91 Å².